The molecule has 0 bridgehead atoms. The summed E-state index contributed by atoms with van der Waals surface area (Å²) in [7, 11) is -2.70. The Kier molecular flexibility index (Phi) is 6.99. The standard InChI is InChI=1S/C53H37BN2Si/c1-36-31-49-53-50(32-36)56(40-29-30-44-43-25-13-16-28-51(43)57(52(44)35-40,41-21-7-3-8-22-41)42-23-9-4-10-24-42)47-27-15-14-26-45(47)54(53)46-33-37-17-11-12-18-38(37)34-48(46)55(49)39-19-5-2-6-20-39/h2-35H,1H3. The summed E-state index contributed by atoms with van der Waals surface area (Å²) in [6.07, 6.45) is 0. The Morgan fingerprint density at radius 3 is 1.67 bits per heavy atom. The predicted octanol–water partition coefficient (Wildman–Crippen LogP) is 8.59. The molecule has 0 radical (unpaired) electrons. The van der Waals surface area contributed by atoms with Crippen molar-refractivity contribution in [3.8, 4) is 11.1 Å². The fourth-order valence-electron chi connectivity index (χ4n) is 10.5. The van der Waals surface area contributed by atoms with E-state index in [1.54, 1.807) is 0 Å². The van der Waals surface area contributed by atoms with Gasteiger partial charge in [0.15, 0.2) is 8.07 Å². The van der Waals surface area contributed by atoms with E-state index in [1.807, 2.05) is 0 Å². The van der Waals surface area contributed by atoms with E-state index in [0.717, 1.165) is 0 Å². The highest BCUT2D eigenvalue weighted by Crippen LogP contribution is 2.45. The Labute approximate surface area is 335 Å². The molecule has 3 heterocycles. The highest BCUT2D eigenvalue weighted by Gasteiger charge is 2.49. The molecule has 0 fully saturated rings. The Balaban J connectivity index is 1.15. The van der Waals surface area contributed by atoms with Crippen molar-refractivity contribution in [3.05, 3.63) is 212 Å². The minimum absolute atomic E-state index is 0.0726. The van der Waals surface area contributed by atoms with Crippen molar-refractivity contribution in [2.24, 2.45) is 0 Å². The van der Waals surface area contributed by atoms with Crippen molar-refractivity contribution in [2.75, 3.05) is 9.80 Å². The molecule has 0 saturated carbocycles. The lowest BCUT2D eigenvalue weighted by Crippen LogP contribution is -2.72. The third-order valence-corrected chi connectivity index (χ3v) is 17.6. The average Bonchev–Trinajstić information content (AvgIpc) is 3.57. The Morgan fingerprint density at radius 1 is 0.386 bits per heavy atom. The molecule has 266 valence electrons. The van der Waals surface area contributed by atoms with E-state index in [9.17, 15) is 0 Å². The second-order valence-corrected chi connectivity index (χ2v) is 19.5. The minimum atomic E-state index is -2.70. The summed E-state index contributed by atoms with van der Waals surface area (Å²) >= 11 is 0. The van der Waals surface area contributed by atoms with Crippen LogP contribution in [0, 0.1) is 6.92 Å². The van der Waals surface area contributed by atoms with E-state index in [4.69, 9.17) is 0 Å². The van der Waals surface area contributed by atoms with E-state index in [-0.39, 0.29) is 6.71 Å². The number of hydrogen-bond acceptors (Lipinski definition) is 2. The molecule has 9 aromatic rings. The van der Waals surface area contributed by atoms with Crippen molar-refractivity contribution in [1.29, 1.82) is 0 Å². The first-order valence-corrected chi connectivity index (χ1v) is 22.0. The molecule has 3 aliphatic heterocycles. The van der Waals surface area contributed by atoms with Crippen LogP contribution in [0.15, 0.2) is 206 Å². The predicted molar refractivity (Wildman–Crippen MR) is 245 cm³/mol. The van der Waals surface area contributed by atoms with Crippen LogP contribution in [0.3, 0.4) is 0 Å². The number of fused-ring (bicyclic) bond motifs is 8. The molecule has 0 atom stereocenters. The number of aryl methyl sites for hydroxylation is 1. The van der Waals surface area contributed by atoms with Crippen LogP contribution in [-0.2, 0) is 0 Å². The maximum atomic E-state index is 2.57. The molecule has 0 amide bonds. The maximum absolute atomic E-state index is 2.70. The molecule has 57 heavy (non-hydrogen) atoms. The van der Waals surface area contributed by atoms with Gasteiger partial charge in [-0.25, -0.2) is 0 Å². The largest absolute Gasteiger partial charge is 0.311 e. The molecule has 0 unspecified atom stereocenters. The summed E-state index contributed by atoms with van der Waals surface area (Å²) in [6, 6.07) is 77.8. The van der Waals surface area contributed by atoms with Crippen LogP contribution in [0.1, 0.15) is 5.56 Å². The van der Waals surface area contributed by atoms with Gasteiger partial charge in [0.1, 0.15) is 0 Å². The number of para-hydroxylation sites is 2. The van der Waals surface area contributed by atoms with E-state index in [2.05, 4.69) is 223 Å². The zero-order chi connectivity index (χ0) is 37.7. The van der Waals surface area contributed by atoms with Crippen LogP contribution in [0.2, 0.25) is 0 Å². The molecule has 2 nitrogen and oxygen atoms in total. The molecule has 12 rings (SSSR count). The fraction of sp³-hybridized carbons (Fsp3) is 0.0189. The maximum Gasteiger partial charge on any atom is 0.252 e. The quantitative estimate of drug-likeness (QED) is 0.167. The molecular formula is C53H37BN2Si. The van der Waals surface area contributed by atoms with Gasteiger partial charge in [0.25, 0.3) is 6.71 Å². The van der Waals surface area contributed by atoms with Crippen LogP contribution < -0.4 is 46.9 Å². The molecule has 9 aromatic carbocycles. The van der Waals surface area contributed by atoms with Crippen LogP contribution in [-0.4, -0.2) is 14.8 Å². The van der Waals surface area contributed by atoms with E-state index < -0.39 is 8.07 Å². The second kappa shape index (κ2) is 12.3. The lowest BCUT2D eigenvalue weighted by Gasteiger charge is -2.44. The zero-order valence-corrected chi connectivity index (χ0v) is 32.6. The SMILES string of the molecule is Cc1cc2c3c(c1)N(c1ccccc1)c1cc4ccccc4cc1B3c1ccccc1N2c1ccc2c(c1)[Si](c1ccccc1)(c1ccccc1)c1ccccc1-2. The second-order valence-electron chi connectivity index (χ2n) is 15.7. The fourth-order valence-corrected chi connectivity index (χ4v) is 15.7. The average molecular weight is 741 g/mol. The van der Waals surface area contributed by atoms with Crippen molar-refractivity contribution >= 4 is 96.8 Å². The van der Waals surface area contributed by atoms with Crippen LogP contribution in [0.25, 0.3) is 21.9 Å². The molecule has 3 aliphatic rings. The molecule has 0 saturated heterocycles. The first kappa shape index (κ1) is 32.4. The summed E-state index contributed by atoms with van der Waals surface area (Å²) < 4.78 is 0. The van der Waals surface area contributed by atoms with Gasteiger partial charge in [-0.3, -0.25) is 0 Å². The van der Waals surface area contributed by atoms with Gasteiger partial charge in [-0.2, -0.15) is 0 Å². The highest BCUT2D eigenvalue weighted by molar-refractivity contribution is 7.22. The van der Waals surface area contributed by atoms with E-state index >= 15 is 0 Å². The van der Waals surface area contributed by atoms with E-state index in [0.29, 0.717) is 0 Å². The van der Waals surface area contributed by atoms with Gasteiger partial charge in [-0.05, 0) is 120 Å². The van der Waals surface area contributed by atoms with Gasteiger partial charge >= 0.3 is 0 Å². The van der Waals surface area contributed by atoms with Crippen LogP contribution in [0.4, 0.5) is 34.1 Å². The lowest BCUT2D eigenvalue weighted by atomic mass is 9.33. The number of benzene rings is 9. The number of anilines is 6. The van der Waals surface area contributed by atoms with Crippen molar-refractivity contribution in [2.45, 2.75) is 6.92 Å². The summed E-state index contributed by atoms with van der Waals surface area (Å²) in [6.45, 7) is 2.33. The Morgan fingerprint density at radius 2 is 0.947 bits per heavy atom. The monoisotopic (exact) mass is 740 g/mol. The van der Waals surface area contributed by atoms with Crippen LogP contribution >= 0.6 is 0 Å². The van der Waals surface area contributed by atoms with Gasteiger partial charge in [0, 0.05) is 34.1 Å². The van der Waals surface area contributed by atoms with Crippen molar-refractivity contribution in [3.63, 3.8) is 0 Å². The molecule has 0 spiro atoms. The summed E-state index contributed by atoms with van der Waals surface area (Å²) in [5.74, 6) is 0. The van der Waals surface area contributed by atoms with Crippen molar-refractivity contribution in [1.82, 2.24) is 0 Å². The Hall–Kier alpha value is -6.88. The first-order chi connectivity index (χ1) is 28.2. The molecular weight excluding hydrogens is 703 g/mol. The smallest absolute Gasteiger partial charge is 0.252 e. The van der Waals surface area contributed by atoms with Gasteiger partial charge in [-0.15, -0.1) is 0 Å². The molecule has 0 aromatic heterocycles. The summed E-state index contributed by atoms with van der Waals surface area (Å²) in [4.78, 5) is 5.09. The lowest BCUT2D eigenvalue weighted by molar-refractivity contribution is 1.24. The molecule has 0 N–H and O–H groups in total. The number of rotatable bonds is 4. The zero-order valence-electron chi connectivity index (χ0n) is 31.6. The van der Waals surface area contributed by atoms with Gasteiger partial charge < -0.3 is 9.80 Å². The normalized spacial score (nSPS) is 14.1. The summed E-state index contributed by atoms with van der Waals surface area (Å²) in [5, 5.41) is 8.25. The van der Waals surface area contributed by atoms with Gasteiger partial charge in [-0.1, -0.05) is 158 Å². The number of hydrogen-bond donors (Lipinski definition) is 0. The summed E-state index contributed by atoms with van der Waals surface area (Å²) in [5.41, 5.74) is 15.3. The van der Waals surface area contributed by atoms with Crippen molar-refractivity contribution < 1.29 is 0 Å². The van der Waals surface area contributed by atoms with E-state index in [1.165, 1.54) is 98.7 Å². The topological polar surface area (TPSA) is 6.48 Å². The van der Waals surface area contributed by atoms with Gasteiger partial charge in [0.2, 0.25) is 0 Å². The van der Waals surface area contributed by atoms with Gasteiger partial charge in [0.05, 0.1) is 0 Å². The highest BCUT2D eigenvalue weighted by atomic mass is 28.3. The third kappa shape index (κ3) is 4.53. The molecule has 0 aliphatic carbocycles. The van der Waals surface area contributed by atoms with Crippen LogP contribution in [0.5, 0.6) is 0 Å². The first-order valence-electron chi connectivity index (χ1n) is 20.0. The third-order valence-electron chi connectivity index (χ3n) is 12.7. The molecule has 4 heteroatoms. The minimum Gasteiger partial charge on any atom is -0.311 e. The Bertz CT molecular complexity index is 3010. The number of nitrogens with zero attached hydrogens (tertiary/aromatic N) is 2.